The Balaban J connectivity index is 2.06. The fraction of sp³-hybridized carbons (Fsp3) is 0.812. The molecule has 4 heteroatoms. The highest BCUT2D eigenvalue weighted by atomic mass is 32.2. The third kappa shape index (κ3) is 1.94. The molecule has 2 nitrogen and oxygen atoms in total. The average molecular weight is 312 g/mol. The summed E-state index contributed by atoms with van der Waals surface area (Å²) in [5, 5.41) is 1.79. The smallest absolute Gasteiger partial charge is 0.305 e. The van der Waals surface area contributed by atoms with E-state index in [1.54, 1.807) is 0 Å². The van der Waals surface area contributed by atoms with E-state index in [4.69, 9.17) is 0 Å². The van der Waals surface area contributed by atoms with Crippen LogP contribution in [0.5, 0.6) is 0 Å². The summed E-state index contributed by atoms with van der Waals surface area (Å²) in [6.07, 6.45) is 2.57. The summed E-state index contributed by atoms with van der Waals surface area (Å²) in [6.45, 7) is 12.0. The highest BCUT2D eigenvalue weighted by molar-refractivity contribution is 8.00. The summed E-state index contributed by atoms with van der Waals surface area (Å²) in [7, 11) is 0. The van der Waals surface area contributed by atoms with Gasteiger partial charge in [-0.25, -0.2) is 0 Å². The lowest BCUT2D eigenvalue weighted by molar-refractivity contribution is 0.0485. The number of hydrogen-bond acceptors (Lipinski definition) is 3. The van der Waals surface area contributed by atoms with Gasteiger partial charge < -0.3 is 4.98 Å². The molecule has 2 heterocycles. The number of aromatic amines is 1. The molecule has 6 unspecified atom stereocenters. The standard InChI is InChI=1S/C16H25NOS2/c1-6-11-8(2)7-16(5)10(4)12-14(17-15(18)19-12)20-13(16)9(11)3/h8-11,13H,6-7H2,1-5H3,(H,17,18). The Morgan fingerprint density at radius 3 is 2.70 bits per heavy atom. The summed E-state index contributed by atoms with van der Waals surface area (Å²) < 4.78 is 0. The van der Waals surface area contributed by atoms with Crippen LogP contribution in [0, 0.1) is 23.2 Å². The molecule has 2 aliphatic rings. The lowest BCUT2D eigenvalue weighted by Crippen LogP contribution is -2.50. The van der Waals surface area contributed by atoms with E-state index >= 15 is 0 Å². The van der Waals surface area contributed by atoms with Crippen LogP contribution >= 0.6 is 23.1 Å². The van der Waals surface area contributed by atoms with Crippen molar-refractivity contribution in [3.05, 3.63) is 14.5 Å². The van der Waals surface area contributed by atoms with Crippen molar-refractivity contribution >= 4 is 23.1 Å². The summed E-state index contributed by atoms with van der Waals surface area (Å²) in [5.74, 6) is 2.82. The largest absolute Gasteiger partial charge is 0.307 e. The number of H-pyrrole nitrogens is 1. The van der Waals surface area contributed by atoms with E-state index in [0.717, 1.165) is 22.8 Å². The number of aromatic nitrogens is 1. The Labute approximate surface area is 129 Å². The third-order valence-electron chi connectivity index (χ3n) is 6.04. The minimum atomic E-state index is 0.115. The summed E-state index contributed by atoms with van der Waals surface area (Å²) in [5.41, 5.74) is 0.327. The molecule has 0 aromatic carbocycles. The lowest BCUT2D eigenvalue weighted by Gasteiger charge is -2.55. The van der Waals surface area contributed by atoms with Gasteiger partial charge in [-0.1, -0.05) is 52.4 Å². The highest BCUT2D eigenvalue weighted by Gasteiger charge is 2.53. The van der Waals surface area contributed by atoms with Crippen molar-refractivity contribution in [2.75, 3.05) is 0 Å². The van der Waals surface area contributed by atoms with Crippen molar-refractivity contribution in [3.63, 3.8) is 0 Å². The maximum absolute atomic E-state index is 11.7. The summed E-state index contributed by atoms with van der Waals surface area (Å²) in [4.78, 5) is 16.2. The van der Waals surface area contributed by atoms with Crippen LogP contribution in [-0.4, -0.2) is 10.2 Å². The van der Waals surface area contributed by atoms with Crippen LogP contribution in [0.4, 0.5) is 0 Å². The first kappa shape index (κ1) is 14.7. The van der Waals surface area contributed by atoms with Gasteiger partial charge in [0.15, 0.2) is 0 Å². The Morgan fingerprint density at radius 1 is 1.35 bits per heavy atom. The summed E-state index contributed by atoms with van der Waals surface area (Å²) in [6, 6.07) is 0. The van der Waals surface area contributed by atoms with Gasteiger partial charge in [0.25, 0.3) is 0 Å². The van der Waals surface area contributed by atoms with E-state index < -0.39 is 0 Å². The van der Waals surface area contributed by atoms with Crippen molar-refractivity contribution in [2.24, 2.45) is 23.2 Å². The quantitative estimate of drug-likeness (QED) is 0.814. The molecule has 3 rings (SSSR count). The van der Waals surface area contributed by atoms with E-state index in [2.05, 4.69) is 39.6 Å². The molecule has 20 heavy (non-hydrogen) atoms. The second-order valence-electron chi connectivity index (χ2n) is 7.09. The Hall–Kier alpha value is -0.220. The van der Waals surface area contributed by atoms with Gasteiger partial charge in [0, 0.05) is 10.1 Å². The highest BCUT2D eigenvalue weighted by Crippen LogP contribution is 2.62. The van der Waals surface area contributed by atoms with Crippen LogP contribution < -0.4 is 4.87 Å². The third-order valence-corrected chi connectivity index (χ3v) is 9.01. The van der Waals surface area contributed by atoms with Gasteiger partial charge in [0.1, 0.15) is 0 Å². The Bertz CT molecular complexity index is 563. The van der Waals surface area contributed by atoms with Gasteiger partial charge in [0.05, 0.1) is 5.03 Å². The molecule has 0 amide bonds. The number of rotatable bonds is 1. The van der Waals surface area contributed by atoms with Crippen LogP contribution in [0.1, 0.15) is 58.3 Å². The number of thiazole rings is 1. The van der Waals surface area contributed by atoms with Gasteiger partial charge in [0.2, 0.25) is 0 Å². The van der Waals surface area contributed by atoms with Crippen LogP contribution in [0.15, 0.2) is 9.82 Å². The van der Waals surface area contributed by atoms with Crippen LogP contribution in [0.25, 0.3) is 0 Å². The van der Waals surface area contributed by atoms with Crippen LogP contribution in [0.3, 0.4) is 0 Å². The maximum atomic E-state index is 11.7. The Morgan fingerprint density at radius 2 is 2.05 bits per heavy atom. The topological polar surface area (TPSA) is 32.9 Å². The first-order valence-electron chi connectivity index (χ1n) is 7.78. The van der Waals surface area contributed by atoms with Crippen molar-refractivity contribution < 1.29 is 0 Å². The van der Waals surface area contributed by atoms with Gasteiger partial charge in [-0.15, -0.1) is 11.8 Å². The zero-order chi connectivity index (χ0) is 14.7. The molecule has 6 atom stereocenters. The number of hydrogen-bond donors (Lipinski definition) is 1. The van der Waals surface area contributed by atoms with Crippen LogP contribution in [-0.2, 0) is 0 Å². The zero-order valence-corrected chi connectivity index (χ0v) is 14.7. The minimum Gasteiger partial charge on any atom is -0.307 e. The molecule has 1 aliphatic carbocycles. The SMILES string of the molecule is CCC1C(C)CC2(C)C(C)c3sc(=O)[nH]c3SC2C1C. The average Bonchev–Trinajstić information content (AvgIpc) is 2.74. The molecule has 0 saturated heterocycles. The number of thioether (sulfide) groups is 1. The molecule has 0 spiro atoms. The fourth-order valence-corrected chi connectivity index (χ4v) is 7.83. The monoisotopic (exact) mass is 311 g/mol. The van der Waals surface area contributed by atoms with E-state index in [0.29, 0.717) is 16.6 Å². The molecule has 0 radical (unpaired) electrons. The molecule has 1 N–H and O–H groups in total. The van der Waals surface area contributed by atoms with E-state index in [1.165, 1.54) is 29.1 Å². The first-order chi connectivity index (χ1) is 9.38. The molecule has 112 valence electrons. The molecule has 1 aromatic heterocycles. The minimum absolute atomic E-state index is 0.115. The van der Waals surface area contributed by atoms with Gasteiger partial charge in [-0.05, 0) is 35.5 Å². The van der Waals surface area contributed by atoms with E-state index in [9.17, 15) is 4.79 Å². The Kier molecular flexibility index (Phi) is 3.61. The van der Waals surface area contributed by atoms with Gasteiger partial charge in [-0.3, -0.25) is 4.79 Å². The molecule has 1 saturated carbocycles. The summed E-state index contributed by atoms with van der Waals surface area (Å²) >= 11 is 3.38. The van der Waals surface area contributed by atoms with E-state index in [1.807, 2.05) is 11.8 Å². The predicted octanol–water partition coefficient (Wildman–Crippen LogP) is 4.72. The van der Waals surface area contributed by atoms with Gasteiger partial charge >= 0.3 is 4.87 Å². The predicted molar refractivity (Wildman–Crippen MR) is 87.8 cm³/mol. The lowest BCUT2D eigenvalue weighted by atomic mass is 9.57. The second-order valence-corrected chi connectivity index (χ2v) is 9.25. The first-order valence-corrected chi connectivity index (χ1v) is 9.47. The molecule has 1 aromatic rings. The van der Waals surface area contributed by atoms with E-state index in [-0.39, 0.29) is 4.87 Å². The molecular weight excluding hydrogens is 286 g/mol. The van der Waals surface area contributed by atoms with Crippen molar-refractivity contribution in [1.82, 2.24) is 4.98 Å². The zero-order valence-electron chi connectivity index (χ0n) is 13.0. The number of fused-ring (bicyclic) bond motifs is 2. The van der Waals surface area contributed by atoms with Crippen molar-refractivity contribution in [2.45, 2.75) is 63.7 Å². The maximum Gasteiger partial charge on any atom is 0.305 e. The normalized spacial score (nSPS) is 44.0. The van der Waals surface area contributed by atoms with Gasteiger partial charge in [-0.2, -0.15) is 0 Å². The molecule has 0 bridgehead atoms. The second kappa shape index (κ2) is 4.91. The molecule has 1 aliphatic heterocycles. The fourth-order valence-electron chi connectivity index (χ4n) is 4.87. The van der Waals surface area contributed by atoms with Crippen molar-refractivity contribution in [1.29, 1.82) is 0 Å². The molecular formula is C16H25NOS2. The van der Waals surface area contributed by atoms with Crippen molar-refractivity contribution in [3.8, 4) is 0 Å². The number of nitrogens with one attached hydrogen (secondary N) is 1. The molecule has 1 fully saturated rings. The van der Waals surface area contributed by atoms with Crippen LogP contribution in [0.2, 0.25) is 0 Å².